The summed E-state index contributed by atoms with van der Waals surface area (Å²) in [6, 6.07) is 8.29. The third kappa shape index (κ3) is 3.28. The van der Waals surface area contributed by atoms with Gasteiger partial charge in [0.2, 0.25) is 11.8 Å². The molecule has 5 rings (SSSR count). The predicted molar refractivity (Wildman–Crippen MR) is 111 cm³/mol. The van der Waals surface area contributed by atoms with Gasteiger partial charge in [0.25, 0.3) is 5.91 Å². The molecule has 30 heavy (non-hydrogen) atoms. The van der Waals surface area contributed by atoms with Crippen LogP contribution in [0, 0.1) is 5.92 Å². The van der Waals surface area contributed by atoms with Crippen molar-refractivity contribution in [2.75, 3.05) is 25.0 Å². The summed E-state index contributed by atoms with van der Waals surface area (Å²) in [5.74, 6) is 0.431. The number of rotatable bonds is 2. The Morgan fingerprint density at radius 1 is 1.07 bits per heavy atom. The summed E-state index contributed by atoms with van der Waals surface area (Å²) in [7, 11) is 0. The molecular formula is C23H25N3O4. The van der Waals surface area contributed by atoms with Crippen molar-refractivity contribution in [2.24, 2.45) is 5.92 Å². The number of hydrogen-bond acceptors (Lipinski definition) is 4. The van der Waals surface area contributed by atoms with Crippen LogP contribution in [0.15, 0.2) is 41.0 Å². The summed E-state index contributed by atoms with van der Waals surface area (Å²) in [6.45, 7) is 1.09. The first-order valence-corrected chi connectivity index (χ1v) is 10.7. The Labute approximate surface area is 175 Å². The quantitative estimate of drug-likeness (QED) is 0.829. The van der Waals surface area contributed by atoms with E-state index in [1.54, 1.807) is 34.3 Å². The lowest BCUT2D eigenvalue weighted by molar-refractivity contribution is -0.140. The minimum absolute atomic E-state index is 0.0582. The fraction of sp³-hybridized carbons (Fsp3) is 0.435. The van der Waals surface area contributed by atoms with Gasteiger partial charge in [-0.2, -0.15) is 0 Å². The third-order valence-electron chi connectivity index (χ3n) is 6.52. The molecule has 3 heterocycles. The summed E-state index contributed by atoms with van der Waals surface area (Å²) in [6.07, 6.45) is 6.81. The molecule has 2 fully saturated rings. The number of carbonyl (C=O) groups is 3. The summed E-state index contributed by atoms with van der Waals surface area (Å²) in [5, 5.41) is 2.89. The van der Waals surface area contributed by atoms with E-state index in [1.165, 1.54) is 6.42 Å². The number of amides is 3. The zero-order chi connectivity index (χ0) is 20.7. The van der Waals surface area contributed by atoms with Gasteiger partial charge in [-0.05, 0) is 43.2 Å². The molecular weight excluding hydrogens is 382 g/mol. The number of carbonyl (C=O) groups excluding carboxylic acids is 3. The average molecular weight is 407 g/mol. The van der Waals surface area contributed by atoms with E-state index >= 15 is 0 Å². The second-order valence-electron chi connectivity index (χ2n) is 8.36. The van der Waals surface area contributed by atoms with Crippen LogP contribution in [0.2, 0.25) is 0 Å². The maximum atomic E-state index is 13.3. The molecule has 0 bridgehead atoms. The van der Waals surface area contributed by atoms with Crippen molar-refractivity contribution in [1.29, 1.82) is 0 Å². The lowest BCUT2D eigenvalue weighted by Crippen LogP contribution is -2.60. The van der Waals surface area contributed by atoms with E-state index in [2.05, 4.69) is 5.32 Å². The molecule has 1 aromatic carbocycles. The summed E-state index contributed by atoms with van der Waals surface area (Å²) in [5.41, 5.74) is 1.73. The Bertz CT molecular complexity index is 978. The zero-order valence-corrected chi connectivity index (χ0v) is 16.8. The number of nitrogens with one attached hydrogen (secondary N) is 1. The monoisotopic (exact) mass is 407 g/mol. The van der Waals surface area contributed by atoms with Gasteiger partial charge in [-0.15, -0.1) is 0 Å². The van der Waals surface area contributed by atoms with Gasteiger partial charge < -0.3 is 19.5 Å². The molecule has 0 spiro atoms. The standard InChI is InChI=1S/C23H25N3O4/c27-21-19-14-25(22(28)15-5-2-1-3-6-15)10-11-26(19)23(29)17-13-16(8-9-18(17)24-21)20-7-4-12-30-20/h4,7-9,12-13,15,19H,1-3,5-6,10-11,14H2,(H,24,27). The van der Waals surface area contributed by atoms with Gasteiger partial charge in [0.1, 0.15) is 11.8 Å². The van der Waals surface area contributed by atoms with Crippen LogP contribution < -0.4 is 5.32 Å². The smallest absolute Gasteiger partial charge is 0.256 e. The molecule has 2 aliphatic heterocycles. The molecule has 1 aromatic heterocycles. The number of nitrogens with zero attached hydrogens (tertiary/aromatic N) is 2. The first-order valence-electron chi connectivity index (χ1n) is 10.7. The van der Waals surface area contributed by atoms with Crippen molar-refractivity contribution < 1.29 is 18.8 Å². The van der Waals surface area contributed by atoms with E-state index in [1.807, 2.05) is 12.1 Å². The first kappa shape index (κ1) is 18.9. The summed E-state index contributed by atoms with van der Waals surface area (Å²) < 4.78 is 5.45. The van der Waals surface area contributed by atoms with E-state index < -0.39 is 6.04 Å². The van der Waals surface area contributed by atoms with Crippen LogP contribution >= 0.6 is 0 Å². The van der Waals surface area contributed by atoms with Crippen LogP contribution in [-0.4, -0.2) is 53.2 Å². The van der Waals surface area contributed by atoms with E-state index in [-0.39, 0.29) is 30.2 Å². The molecule has 1 aliphatic carbocycles. The highest BCUT2D eigenvalue weighted by Crippen LogP contribution is 2.31. The van der Waals surface area contributed by atoms with E-state index in [0.29, 0.717) is 30.1 Å². The number of furan rings is 1. The van der Waals surface area contributed by atoms with Gasteiger partial charge in [-0.3, -0.25) is 14.4 Å². The Hall–Kier alpha value is -3.09. The van der Waals surface area contributed by atoms with Crippen molar-refractivity contribution in [3.05, 3.63) is 42.2 Å². The van der Waals surface area contributed by atoms with Gasteiger partial charge >= 0.3 is 0 Å². The SMILES string of the molecule is O=C1Nc2ccc(-c3ccco3)cc2C(=O)N2CCN(C(=O)C3CCCCC3)CC12. The second-order valence-corrected chi connectivity index (χ2v) is 8.36. The molecule has 1 unspecified atom stereocenters. The molecule has 1 saturated heterocycles. The molecule has 3 aliphatic rings. The van der Waals surface area contributed by atoms with Gasteiger partial charge in [-0.1, -0.05) is 19.3 Å². The van der Waals surface area contributed by atoms with Gasteiger partial charge in [0.05, 0.1) is 24.1 Å². The van der Waals surface area contributed by atoms with E-state index in [9.17, 15) is 14.4 Å². The largest absolute Gasteiger partial charge is 0.464 e. The minimum Gasteiger partial charge on any atom is -0.464 e. The Morgan fingerprint density at radius 3 is 2.67 bits per heavy atom. The Morgan fingerprint density at radius 2 is 1.90 bits per heavy atom. The summed E-state index contributed by atoms with van der Waals surface area (Å²) in [4.78, 5) is 42.6. The molecule has 7 nitrogen and oxygen atoms in total. The number of anilines is 1. The third-order valence-corrected chi connectivity index (χ3v) is 6.52. The maximum Gasteiger partial charge on any atom is 0.256 e. The molecule has 1 saturated carbocycles. The van der Waals surface area contributed by atoms with Crippen molar-refractivity contribution in [3.63, 3.8) is 0 Å². The van der Waals surface area contributed by atoms with Crippen LogP contribution in [0.5, 0.6) is 0 Å². The lowest BCUT2D eigenvalue weighted by atomic mass is 9.88. The van der Waals surface area contributed by atoms with E-state index in [0.717, 1.165) is 31.2 Å². The van der Waals surface area contributed by atoms with Crippen LogP contribution in [0.25, 0.3) is 11.3 Å². The van der Waals surface area contributed by atoms with E-state index in [4.69, 9.17) is 4.42 Å². The lowest BCUT2D eigenvalue weighted by Gasteiger charge is -2.40. The van der Waals surface area contributed by atoms with Crippen LogP contribution in [0.3, 0.4) is 0 Å². The van der Waals surface area contributed by atoms with Crippen LogP contribution in [0.1, 0.15) is 42.5 Å². The summed E-state index contributed by atoms with van der Waals surface area (Å²) >= 11 is 0. The fourth-order valence-electron chi connectivity index (χ4n) is 4.86. The zero-order valence-electron chi connectivity index (χ0n) is 16.8. The fourth-order valence-corrected chi connectivity index (χ4v) is 4.86. The molecule has 7 heteroatoms. The number of hydrogen-bond donors (Lipinski definition) is 1. The van der Waals surface area contributed by atoms with Gasteiger partial charge in [0.15, 0.2) is 0 Å². The Kier molecular flexibility index (Phi) is 4.81. The molecule has 156 valence electrons. The minimum atomic E-state index is -0.668. The molecule has 3 amide bonds. The topological polar surface area (TPSA) is 82.9 Å². The van der Waals surface area contributed by atoms with Gasteiger partial charge in [-0.25, -0.2) is 0 Å². The molecule has 1 N–H and O–H groups in total. The highest BCUT2D eigenvalue weighted by atomic mass is 16.3. The molecule has 2 aromatic rings. The number of fused-ring (bicyclic) bond motifs is 2. The van der Waals surface area contributed by atoms with Crippen molar-refractivity contribution in [3.8, 4) is 11.3 Å². The normalized spacial score (nSPS) is 22.2. The van der Waals surface area contributed by atoms with Gasteiger partial charge in [0, 0.05) is 24.6 Å². The number of piperazine rings is 1. The van der Waals surface area contributed by atoms with Crippen molar-refractivity contribution in [1.82, 2.24) is 9.80 Å². The van der Waals surface area contributed by atoms with Crippen molar-refractivity contribution >= 4 is 23.4 Å². The van der Waals surface area contributed by atoms with Crippen LogP contribution in [-0.2, 0) is 9.59 Å². The number of benzene rings is 1. The average Bonchev–Trinajstić information content (AvgIpc) is 3.30. The first-order chi connectivity index (χ1) is 14.6. The predicted octanol–water partition coefficient (Wildman–Crippen LogP) is 3.13. The van der Waals surface area contributed by atoms with Crippen molar-refractivity contribution in [2.45, 2.75) is 38.1 Å². The van der Waals surface area contributed by atoms with Crippen LogP contribution in [0.4, 0.5) is 5.69 Å². The second kappa shape index (κ2) is 7.63. The highest BCUT2D eigenvalue weighted by molar-refractivity contribution is 6.10. The Balaban J connectivity index is 1.39. The highest BCUT2D eigenvalue weighted by Gasteiger charge is 2.41. The maximum absolute atomic E-state index is 13.3. The molecule has 1 atom stereocenters. The molecule has 0 radical (unpaired) electrons.